The Labute approximate surface area is 201 Å². The summed E-state index contributed by atoms with van der Waals surface area (Å²) in [5.74, 6) is 0.437. The zero-order valence-corrected chi connectivity index (χ0v) is 20.0. The number of nitrogens with zero attached hydrogens (tertiary/aromatic N) is 2. The number of carbonyl (C=O) groups is 3. The van der Waals surface area contributed by atoms with E-state index < -0.39 is 0 Å². The lowest BCUT2D eigenvalue weighted by Crippen LogP contribution is -2.49. The summed E-state index contributed by atoms with van der Waals surface area (Å²) in [7, 11) is 3.06. The molecule has 0 saturated carbocycles. The minimum Gasteiger partial charge on any atom is -0.489 e. The van der Waals surface area contributed by atoms with Crippen molar-refractivity contribution in [3.05, 3.63) is 42.0 Å². The molecular weight excluding hydrogens is 438 g/mol. The highest BCUT2D eigenvalue weighted by Crippen LogP contribution is 2.29. The normalized spacial score (nSPS) is 21.9. The van der Waals surface area contributed by atoms with E-state index in [9.17, 15) is 14.4 Å². The first-order chi connectivity index (χ1) is 16.5. The first-order valence-electron chi connectivity index (χ1n) is 11.7. The number of nitrogens with one attached hydrogen (secondary N) is 1. The van der Waals surface area contributed by atoms with Crippen molar-refractivity contribution < 1.29 is 28.6 Å². The molecule has 2 atom stereocenters. The molecule has 3 amide bonds. The van der Waals surface area contributed by atoms with Crippen molar-refractivity contribution in [2.75, 3.05) is 60.2 Å². The molecule has 2 bridgehead atoms. The number of rotatable bonds is 7. The van der Waals surface area contributed by atoms with Crippen molar-refractivity contribution in [1.29, 1.82) is 0 Å². The van der Waals surface area contributed by atoms with Crippen LogP contribution in [-0.2, 0) is 30.4 Å². The van der Waals surface area contributed by atoms with E-state index in [1.54, 1.807) is 12.0 Å². The largest absolute Gasteiger partial charge is 0.489 e. The van der Waals surface area contributed by atoms with Crippen LogP contribution in [0, 0.1) is 11.8 Å². The molecule has 2 aliphatic rings. The second kappa shape index (κ2) is 13.1. The summed E-state index contributed by atoms with van der Waals surface area (Å²) in [5.41, 5.74) is 0.830. The Balaban J connectivity index is 1.78. The molecule has 1 fully saturated rings. The van der Waals surface area contributed by atoms with Crippen LogP contribution in [0.4, 0.5) is 0 Å². The summed E-state index contributed by atoms with van der Waals surface area (Å²) in [6.07, 6.45) is 5.12. The van der Waals surface area contributed by atoms with Crippen LogP contribution in [0.25, 0.3) is 0 Å². The molecule has 0 aliphatic carbocycles. The molecule has 34 heavy (non-hydrogen) atoms. The third-order valence-corrected chi connectivity index (χ3v) is 6.23. The average molecular weight is 474 g/mol. The molecule has 2 aliphatic heterocycles. The van der Waals surface area contributed by atoms with Gasteiger partial charge in [-0.1, -0.05) is 30.4 Å². The maximum Gasteiger partial charge on any atom is 0.249 e. The van der Waals surface area contributed by atoms with E-state index in [0.717, 1.165) is 5.56 Å². The highest BCUT2D eigenvalue weighted by molar-refractivity contribution is 5.85. The number of ether oxygens (including phenoxy) is 3. The predicted molar refractivity (Wildman–Crippen MR) is 126 cm³/mol. The Morgan fingerprint density at radius 1 is 1.18 bits per heavy atom. The van der Waals surface area contributed by atoms with Gasteiger partial charge in [0.05, 0.1) is 6.61 Å². The zero-order valence-electron chi connectivity index (χ0n) is 20.0. The van der Waals surface area contributed by atoms with Crippen LogP contribution in [0.1, 0.15) is 18.4 Å². The van der Waals surface area contributed by atoms with E-state index in [-0.39, 0.29) is 49.3 Å². The molecule has 1 saturated heterocycles. The Morgan fingerprint density at radius 3 is 2.79 bits per heavy atom. The van der Waals surface area contributed by atoms with Crippen LogP contribution in [0.3, 0.4) is 0 Å². The van der Waals surface area contributed by atoms with E-state index in [4.69, 9.17) is 14.2 Å². The second-order valence-electron chi connectivity index (χ2n) is 8.63. The van der Waals surface area contributed by atoms with Crippen LogP contribution >= 0.6 is 0 Å². The van der Waals surface area contributed by atoms with Gasteiger partial charge in [0.25, 0.3) is 0 Å². The Kier molecular flexibility index (Phi) is 9.90. The number of fused-ring (bicyclic) bond motifs is 3. The van der Waals surface area contributed by atoms with Crippen LogP contribution in [0.5, 0.6) is 5.75 Å². The van der Waals surface area contributed by atoms with Gasteiger partial charge >= 0.3 is 0 Å². The van der Waals surface area contributed by atoms with Gasteiger partial charge in [-0.2, -0.15) is 0 Å². The number of hydrogen-bond acceptors (Lipinski definition) is 6. The zero-order chi connectivity index (χ0) is 24.3. The molecule has 0 spiro atoms. The topological polar surface area (TPSA) is 97.4 Å². The van der Waals surface area contributed by atoms with Gasteiger partial charge in [0, 0.05) is 52.4 Å². The molecule has 2 heterocycles. The van der Waals surface area contributed by atoms with Crippen LogP contribution in [0.15, 0.2) is 36.4 Å². The highest BCUT2D eigenvalue weighted by Gasteiger charge is 2.32. The molecule has 0 unspecified atom stereocenters. The Morgan fingerprint density at radius 2 is 2.00 bits per heavy atom. The minimum absolute atomic E-state index is 0.0142. The molecule has 1 N–H and O–H groups in total. The van der Waals surface area contributed by atoms with Crippen LogP contribution < -0.4 is 10.1 Å². The van der Waals surface area contributed by atoms with Crippen molar-refractivity contribution in [2.45, 2.75) is 19.4 Å². The molecular formula is C25H35N3O6. The van der Waals surface area contributed by atoms with Gasteiger partial charge in [-0.15, -0.1) is 0 Å². The maximum absolute atomic E-state index is 13.2. The van der Waals surface area contributed by atoms with Crippen molar-refractivity contribution in [2.24, 2.45) is 11.8 Å². The van der Waals surface area contributed by atoms with Crippen LogP contribution in [0.2, 0.25) is 0 Å². The third-order valence-electron chi connectivity index (χ3n) is 6.23. The average Bonchev–Trinajstić information content (AvgIpc) is 2.83. The lowest BCUT2D eigenvalue weighted by molar-refractivity contribution is -0.144. The van der Waals surface area contributed by atoms with Crippen molar-refractivity contribution in [3.63, 3.8) is 0 Å². The number of para-hydroxylation sites is 1. The van der Waals surface area contributed by atoms with Gasteiger partial charge in [-0.05, 0) is 24.3 Å². The van der Waals surface area contributed by atoms with Gasteiger partial charge in [0.2, 0.25) is 17.7 Å². The summed E-state index contributed by atoms with van der Waals surface area (Å²) < 4.78 is 16.0. The lowest BCUT2D eigenvalue weighted by atomic mass is 9.82. The molecule has 3 rings (SSSR count). The monoisotopic (exact) mass is 473 g/mol. The summed E-state index contributed by atoms with van der Waals surface area (Å²) in [6, 6.07) is 7.52. The molecule has 0 aromatic heterocycles. The summed E-state index contributed by atoms with van der Waals surface area (Å²) >= 11 is 0. The molecule has 186 valence electrons. The number of amides is 3. The van der Waals surface area contributed by atoms with Crippen molar-refractivity contribution in [3.8, 4) is 5.75 Å². The smallest absolute Gasteiger partial charge is 0.249 e. The Bertz CT molecular complexity index is 874. The number of carbonyl (C=O) groups excluding carboxylic acids is 3. The fraction of sp³-hybridized carbons (Fsp3) is 0.560. The van der Waals surface area contributed by atoms with Crippen molar-refractivity contribution >= 4 is 17.7 Å². The minimum atomic E-state index is -0.252. The molecule has 1 aromatic rings. The summed E-state index contributed by atoms with van der Waals surface area (Å²) in [5, 5.41) is 2.88. The molecule has 0 radical (unpaired) electrons. The van der Waals surface area contributed by atoms with Gasteiger partial charge in [0.1, 0.15) is 25.5 Å². The first kappa shape index (κ1) is 25.7. The van der Waals surface area contributed by atoms with E-state index in [1.807, 2.05) is 30.3 Å². The highest BCUT2D eigenvalue weighted by atomic mass is 16.5. The van der Waals surface area contributed by atoms with Crippen LogP contribution in [-0.4, -0.2) is 87.7 Å². The van der Waals surface area contributed by atoms with E-state index in [0.29, 0.717) is 51.4 Å². The Hall–Kier alpha value is -2.91. The standard InChI is InChI=1S/C25H35N3O6/c1-32-13-10-26-23(29)14-19-9-11-27-15-20(19)7-5-12-34-22-8-4-3-6-21(22)16-28(17-24(27)30)25(31)18-33-2/h3-8,19-20H,9-18H2,1-2H3,(H,26,29)/b7-5+/t19-,20-/m0/s1. The number of benzene rings is 1. The summed E-state index contributed by atoms with van der Waals surface area (Å²) in [6.45, 7) is 2.50. The fourth-order valence-electron chi connectivity index (χ4n) is 4.39. The predicted octanol–water partition coefficient (Wildman–Crippen LogP) is 1.23. The maximum atomic E-state index is 13.2. The van der Waals surface area contributed by atoms with E-state index in [1.165, 1.54) is 12.0 Å². The van der Waals surface area contributed by atoms with Gasteiger partial charge < -0.3 is 29.3 Å². The number of methoxy groups -OCH3 is 2. The van der Waals surface area contributed by atoms with Gasteiger partial charge in [-0.25, -0.2) is 0 Å². The van der Waals surface area contributed by atoms with E-state index in [2.05, 4.69) is 11.4 Å². The molecule has 1 aromatic carbocycles. The number of hydrogen-bond donors (Lipinski definition) is 1. The second-order valence-corrected chi connectivity index (χ2v) is 8.63. The SMILES string of the molecule is COCCNC(=O)C[C@@H]1CCN2C[C@@H]1/C=C/COc1ccccc1CN(C(=O)COC)CC2=O. The molecule has 9 heteroatoms. The van der Waals surface area contributed by atoms with E-state index >= 15 is 0 Å². The first-order valence-corrected chi connectivity index (χ1v) is 11.7. The van der Waals surface area contributed by atoms with Crippen molar-refractivity contribution in [1.82, 2.24) is 15.1 Å². The third kappa shape index (κ3) is 7.30. The van der Waals surface area contributed by atoms with Gasteiger partial charge in [-0.3, -0.25) is 14.4 Å². The fourth-order valence-corrected chi connectivity index (χ4v) is 4.39. The quantitative estimate of drug-likeness (QED) is 0.473. The number of piperidine rings is 1. The summed E-state index contributed by atoms with van der Waals surface area (Å²) in [4.78, 5) is 41.6. The lowest BCUT2D eigenvalue weighted by Gasteiger charge is -2.38. The molecule has 9 nitrogen and oxygen atoms in total. The van der Waals surface area contributed by atoms with Gasteiger partial charge in [0.15, 0.2) is 0 Å².